The third-order valence-corrected chi connectivity index (χ3v) is 5.70. The molecule has 0 spiro atoms. The molecule has 1 aliphatic heterocycles. The smallest absolute Gasteiger partial charge is 0.177 e. The van der Waals surface area contributed by atoms with E-state index in [-0.39, 0.29) is 4.90 Å². The number of methoxy groups -OCH3 is 1. The number of hydrogen-bond donors (Lipinski definition) is 0. The van der Waals surface area contributed by atoms with E-state index in [1.807, 2.05) is 6.07 Å². The zero-order valence-electron chi connectivity index (χ0n) is 12.5. The molecule has 0 aromatic heterocycles. The summed E-state index contributed by atoms with van der Waals surface area (Å²) < 4.78 is 28.6. The van der Waals surface area contributed by atoms with Gasteiger partial charge < -0.3 is 9.64 Å². The summed E-state index contributed by atoms with van der Waals surface area (Å²) in [7, 11) is -1.56. The number of sulfone groups is 1. The average molecular weight is 332 g/mol. The molecule has 0 N–H and O–H groups in total. The molecule has 0 amide bonds. The Morgan fingerprint density at radius 1 is 1.33 bits per heavy atom. The van der Waals surface area contributed by atoms with Crippen molar-refractivity contribution >= 4 is 21.4 Å². The van der Waals surface area contributed by atoms with Gasteiger partial charge >= 0.3 is 0 Å². The van der Waals surface area contributed by atoms with Crippen LogP contribution in [0.5, 0.6) is 0 Å². The third kappa shape index (κ3) is 4.19. The van der Waals surface area contributed by atoms with Crippen LogP contribution in [0.3, 0.4) is 0 Å². The molecule has 0 atom stereocenters. The summed E-state index contributed by atoms with van der Waals surface area (Å²) in [5.74, 6) is 0.331. The Morgan fingerprint density at radius 2 is 2.00 bits per heavy atom. The summed E-state index contributed by atoms with van der Waals surface area (Å²) in [4.78, 5) is 2.61. The van der Waals surface area contributed by atoms with E-state index in [4.69, 9.17) is 16.3 Å². The Balaban J connectivity index is 2.11. The highest BCUT2D eigenvalue weighted by molar-refractivity contribution is 7.90. The molecule has 4 nitrogen and oxygen atoms in total. The lowest BCUT2D eigenvalue weighted by Crippen LogP contribution is -2.35. The number of likely N-dealkylation sites (tertiary alicyclic amines) is 1. The van der Waals surface area contributed by atoms with Gasteiger partial charge in [0.05, 0.1) is 16.5 Å². The molecule has 1 heterocycles. The molecule has 1 aromatic rings. The van der Waals surface area contributed by atoms with E-state index in [0.717, 1.165) is 44.6 Å². The van der Waals surface area contributed by atoms with Gasteiger partial charge in [-0.2, -0.15) is 0 Å². The Morgan fingerprint density at radius 3 is 2.57 bits per heavy atom. The summed E-state index contributed by atoms with van der Waals surface area (Å²) >= 11 is 6.33. The molecular weight excluding hydrogens is 310 g/mol. The van der Waals surface area contributed by atoms with Gasteiger partial charge in [0.1, 0.15) is 0 Å². The molecule has 21 heavy (non-hydrogen) atoms. The molecule has 1 saturated heterocycles. The van der Waals surface area contributed by atoms with Crippen LogP contribution >= 0.6 is 11.6 Å². The van der Waals surface area contributed by atoms with Gasteiger partial charge in [-0.3, -0.25) is 0 Å². The van der Waals surface area contributed by atoms with Crippen LogP contribution in [0.1, 0.15) is 24.3 Å². The number of hydrogen-bond acceptors (Lipinski definition) is 4. The fraction of sp³-hybridized carbons (Fsp3) is 0.600. The van der Waals surface area contributed by atoms with Gasteiger partial charge in [0.2, 0.25) is 0 Å². The summed E-state index contributed by atoms with van der Waals surface area (Å²) in [6, 6.07) is 5.32. The Labute approximate surface area is 132 Å². The second-order valence-electron chi connectivity index (χ2n) is 5.54. The normalized spacial score (nSPS) is 18.0. The Hall–Kier alpha value is -0.620. The quantitative estimate of drug-likeness (QED) is 0.832. The second-order valence-corrected chi connectivity index (χ2v) is 7.90. The average Bonchev–Trinajstić information content (AvgIpc) is 2.45. The second kappa shape index (κ2) is 7.09. The highest BCUT2D eigenvalue weighted by Crippen LogP contribution is 2.35. The number of nitrogens with zero attached hydrogens (tertiary/aromatic N) is 1. The van der Waals surface area contributed by atoms with E-state index in [1.54, 1.807) is 19.2 Å². The van der Waals surface area contributed by atoms with E-state index < -0.39 is 9.84 Å². The van der Waals surface area contributed by atoms with Gasteiger partial charge in [0.25, 0.3) is 0 Å². The number of rotatable bonds is 5. The first-order valence-electron chi connectivity index (χ1n) is 7.13. The minimum Gasteiger partial charge on any atom is -0.383 e. The summed E-state index contributed by atoms with van der Waals surface area (Å²) in [6.45, 7) is 3.68. The largest absolute Gasteiger partial charge is 0.383 e. The van der Waals surface area contributed by atoms with Crippen LogP contribution < -0.4 is 0 Å². The SMILES string of the molecule is COCCN1CCC(c2cccc(S(C)(=O)=O)c2Cl)CC1. The maximum absolute atomic E-state index is 11.8. The van der Waals surface area contributed by atoms with Gasteiger partial charge in [-0.1, -0.05) is 23.7 Å². The van der Waals surface area contributed by atoms with Crippen molar-refractivity contribution in [3.8, 4) is 0 Å². The van der Waals surface area contributed by atoms with Crippen molar-refractivity contribution in [1.82, 2.24) is 4.90 Å². The molecule has 2 rings (SSSR count). The highest BCUT2D eigenvalue weighted by atomic mass is 35.5. The van der Waals surface area contributed by atoms with Crippen molar-refractivity contribution in [3.63, 3.8) is 0 Å². The highest BCUT2D eigenvalue weighted by Gasteiger charge is 2.24. The van der Waals surface area contributed by atoms with E-state index in [0.29, 0.717) is 10.9 Å². The van der Waals surface area contributed by atoms with Gasteiger partial charge in [-0.25, -0.2) is 8.42 Å². The lowest BCUT2D eigenvalue weighted by atomic mass is 9.89. The van der Waals surface area contributed by atoms with E-state index in [2.05, 4.69) is 4.90 Å². The maximum Gasteiger partial charge on any atom is 0.177 e. The van der Waals surface area contributed by atoms with Gasteiger partial charge in [-0.15, -0.1) is 0 Å². The topological polar surface area (TPSA) is 46.6 Å². The number of piperidine rings is 1. The van der Waals surface area contributed by atoms with Crippen molar-refractivity contribution in [3.05, 3.63) is 28.8 Å². The molecule has 0 bridgehead atoms. The molecule has 1 aromatic carbocycles. The van der Waals surface area contributed by atoms with E-state index in [1.165, 1.54) is 6.26 Å². The summed E-state index contributed by atoms with van der Waals surface area (Å²) in [6.07, 6.45) is 3.19. The van der Waals surface area contributed by atoms with Crippen LogP contribution in [0, 0.1) is 0 Å². The van der Waals surface area contributed by atoms with E-state index in [9.17, 15) is 8.42 Å². The maximum atomic E-state index is 11.8. The van der Waals surface area contributed by atoms with Crippen LogP contribution in [0.15, 0.2) is 23.1 Å². The minimum atomic E-state index is -3.28. The van der Waals surface area contributed by atoms with Crippen LogP contribution in [0.2, 0.25) is 5.02 Å². The minimum absolute atomic E-state index is 0.239. The Kier molecular flexibility index (Phi) is 5.66. The van der Waals surface area contributed by atoms with Crippen molar-refractivity contribution in [1.29, 1.82) is 0 Å². The Bertz CT molecular complexity index is 581. The van der Waals surface area contributed by atoms with Crippen LogP contribution in [-0.4, -0.2) is 52.9 Å². The predicted octanol–water partition coefficient (Wildman–Crippen LogP) is 2.57. The summed E-state index contributed by atoms with van der Waals surface area (Å²) in [5, 5.41) is 0.398. The molecule has 0 unspecified atom stereocenters. The summed E-state index contributed by atoms with van der Waals surface area (Å²) in [5.41, 5.74) is 0.964. The molecular formula is C15H22ClNO3S. The first-order valence-corrected chi connectivity index (χ1v) is 9.40. The van der Waals surface area contributed by atoms with Crippen molar-refractivity contribution in [2.24, 2.45) is 0 Å². The third-order valence-electron chi connectivity index (χ3n) is 4.03. The standard InChI is InChI=1S/C15H22ClNO3S/c1-20-11-10-17-8-6-12(7-9-17)13-4-3-5-14(15(13)16)21(2,18)19/h3-5,12H,6-11H2,1-2H3. The van der Waals surface area contributed by atoms with Crippen LogP contribution in [0.25, 0.3) is 0 Å². The fourth-order valence-electron chi connectivity index (χ4n) is 2.82. The molecule has 1 aliphatic rings. The van der Waals surface area contributed by atoms with Gasteiger partial charge in [0.15, 0.2) is 9.84 Å². The first-order chi connectivity index (χ1) is 9.93. The van der Waals surface area contributed by atoms with Gasteiger partial charge in [-0.05, 0) is 43.5 Å². The zero-order valence-corrected chi connectivity index (χ0v) is 14.1. The molecule has 0 aliphatic carbocycles. The lowest BCUT2D eigenvalue weighted by molar-refractivity contribution is 0.130. The zero-order chi connectivity index (χ0) is 15.5. The number of halogens is 1. The first kappa shape index (κ1) is 16.7. The lowest BCUT2D eigenvalue weighted by Gasteiger charge is -2.32. The van der Waals surface area contributed by atoms with Crippen LogP contribution in [0.4, 0.5) is 0 Å². The predicted molar refractivity (Wildman–Crippen MR) is 84.9 cm³/mol. The molecule has 0 saturated carbocycles. The number of ether oxygens (including phenoxy) is 1. The fourth-order valence-corrected chi connectivity index (χ4v) is 4.29. The number of benzene rings is 1. The van der Waals surface area contributed by atoms with Crippen molar-refractivity contribution in [2.75, 3.05) is 39.6 Å². The molecule has 0 radical (unpaired) electrons. The van der Waals surface area contributed by atoms with E-state index >= 15 is 0 Å². The van der Waals surface area contributed by atoms with Crippen molar-refractivity contribution in [2.45, 2.75) is 23.7 Å². The van der Waals surface area contributed by atoms with Crippen molar-refractivity contribution < 1.29 is 13.2 Å². The van der Waals surface area contributed by atoms with Gasteiger partial charge in [0, 0.05) is 19.9 Å². The van der Waals surface area contributed by atoms with Crippen LogP contribution in [-0.2, 0) is 14.6 Å². The molecule has 6 heteroatoms. The molecule has 118 valence electrons. The monoisotopic (exact) mass is 331 g/mol. The molecule has 1 fully saturated rings.